The van der Waals surface area contributed by atoms with Gasteiger partial charge in [-0.15, -0.1) is 0 Å². The van der Waals surface area contributed by atoms with Crippen LogP contribution in [-0.4, -0.2) is 40.0 Å². The fourth-order valence-corrected chi connectivity index (χ4v) is 2.21. The van der Waals surface area contributed by atoms with Gasteiger partial charge in [0.05, 0.1) is 5.92 Å². The van der Waals surface area contributed by atoms with Gasteiger partial charge in [-0.3, -0.25) is 14.4 Å². The van der Waals surface area contributed by atoms with Crippen LogP contribution in [0.5, 0.6) is 0 Å². The average molecular weight is 250 g/mol. The first-order valence-corrected chi connectivity index (χ1v) is 5.70. The smallest absolute Gasteiger partial charge is 0.308 e. The van der Waals surface area contributed by atoms with Gasteiger partial charge in [-0.05, 0) is 18.1 Å². The van der Waals surface area contributed by atoms with Crippen LogP contribution in [0.1, 0.15) is 17.3 Å². The van der Waals surface area contributed by atoms with Gasteiger partial charge < -0.3 is 15.0 Å². The second-order valence-corrected chi connectivity index (χ2v) is 4.55. The lowest BCUT2D eigenvalue weighted by Gasteiger charge is -2.15. The van der Waals surface area contributed by atoms with Crippen LogP contribution in [0.3, 0.4) is 0 Å². The maximum atomic E-state index is 12.1. The van der Waals surface area contributed by atoms with E-state index in [-0.39, 0.29) is 18.0 Å². The third kappa shape index (κ3) is 2.13. The highest BCUT2D eigenvalue weighted by atomic mass is 16.4. The Morgan fingerprint density at radius 1 is 1.44 bits per heavy atom. The van der Waals surface area contributed by atoms with E-state index in [0.717, 1.165) is 0 Å². The molecule has 0 radical (unpaired) electrons. The third-order valence-electron chi connectivity index (χ3n) is 3.27. The maximum Gasteiger partial charge on any atom is 0.308 e. The molecular weight excluding hydrogens is 236 g/mol. The first kappa shape index (κ1) is 12.3. The minimum absolute atomic E-state index is 0.0516. The van der Waals surface area contributed by atoms with Crippen LogP contribution in [0.4, 0.5) is 0 Å². The van der Waals surface area contributed by atoms with Gasteiger partial charge >= 0.3 is 5.97 Å². The highest BCUT2D eigenvalue weighted by Gasteiger charge is 2.37. The first-order chi connectivity index (χ1) is 8.50. The number of nitrogens with zero attached hydrogens (tertiary/aromatic N) is 1. The van der Waals surface area contributed by atoms with Crippen LogP contribution < -0.4 is 5.56 Å². The standard InChI is InChI=1S/C12H14N2O4/c1-7-5-14(6-9(7)12(17)18)11(16)8-3-2-4-13-10(8)15/h2-4,7,9H,5-6H2,1H3,(H,13,15)(H,17,18)/t7-,9-/m1/s1. The van der Waals surface area contributed by atoms with E-state index >= 15 is 0 Å². The maximum absolute atomic E-state index is 12.1. The zero-order chi connectivity index (χ0) is 13.3. The Balaban J connectivity index is 2.20. The molecule has 2 rings (SSSR count). The van der Waals surface area contributed by atoms with E-state index in [1.807, 2.05) is 0 Å². The first-order valence-electron chi connectivity index (χ1n) is 5.70. The van der Waals surface area contributed by atoms with Gasteiger partial charge in [0.2, 0.25) is 0 Å². The number of carboxylic acid groups (broad SMARTS) is 1. The number of carbonyl (C=O) groups excluding carboxylic acids is 1. The molecule has 1 saturated heterocycles. The summed E-state index contributed by atoms with van der Waals surface area (Å²) in [6, 6.07) is 3.02. The molecule has 1 aromatic heterocycles. The molecule has 1 amide bonds. The Labute approximate surface area is 103 Å². The van der Waals surface area contributed by atoms with Crippen molar-refractivity contribution in [2.75, 3.05) is 13.1 Å². The van der Waals surface area contributed by atoms with Gasteiger partial charge in [-0.1, -0.05) is 6.92 Å². The van der Waals surface area contributed by atoms with Crippen LogP contribution in [0.25, 0.3) is 0 Å². The van der Waals surface area contributed by atoms with Gasteiger partial charge in [-0.2, -0.15) is 0 Å². The largest absolute Gasteiger partial charge is 0.481 e. The van der Waals surface area contributed by atoms with Gasteiger partial charge in [0.15, 0.2) is 0 Å². The molecule has 0 spiro atoms. The van der Waals surface area contributed by atoms with E-state index in [1.165, 1.54) is 17.2 Å². The molecule has 2 N–H and O–H groups in total. The molecule has 0 saturated carbocycles. The molecule has 0 aliphatic carbocycles. The molecule has 96 valence electrons. The van der Waals surface area contributed by atoms with Crippen LogP contribution in [-0.2, 0) is 4.79 Å². The molecule has 0 bridgehead atoms. The van der Waals surface area contributed by atoms with Crippen molar-refractivity contribution < 1.29 is 14.7 Å². The van der Waals surface area contributed by atoms with E-state index in [0.29, 0.717) is 6.54 Å². The lowest BCUT2D eigenvalue weighted by molar-refractivity contribution is -0.142. The number of carboxylic acids is 1. The zero-order valence-corrected chi connectivity index (χ0v) is 9.92. The monoisotopic (exact) mass is 250 g/mol. The fraction of sp³-hybridized carbons (Fsp3) is 0.417. The van der Waals surface area contributed by atoms with Crippen molar-refractivity contribution in [3.8, 4) is 0 Å². The number of aliphatic carboxylic acids is 1. The normalized spacial score (nSPS) is 23.1. The summed E-state index contributed by atoms with van der Waals surface area (Å²) in [5, 5.41) is 9.00. The van der Waals surface area contributed by atoms with E-state index < -0.39 is 23.4 Å². The van der Waals surface area contributed by atoms with Crippen LogP contribution in [0, 0.1) is 11.8 Å². The molecule has 6 nitrogen and oxygen atoms in total. The SMILES string of the molecule is C[C@@H]1CN(C(=O)c2ccc[nH]c2=O)C[C@H]1C(=O)O. The molecule has 2 heterocycles. The van der Waals surface area contributed by atoms with Crippen LogP contribution >= 0.6 is 0 Å². The molecule has 6 heteroatoms. The molecule has 1 fully saturated rings. The summed E-state index contributed by atoms with van der Waals surface area (Å²) >= 11 is 0. The average Bonchev–Trinajstić information content (AvgIpc) is 2.71. The highest BCUT2D eigenvalue weighted by molar-refractivity contribution is 5.94. The van der Waals surface area contributed by atoms with Crippen molar-refractivity contribution in [2.45, 2.75) is 6.92 Å². The second-order valence-electron chi connectivity index (χ2n) is 4.55. The minimum Gasteiger partial charge on any atom is -0.481 e. The summed E-state index contributed by atoms with van der Waals surface area (Å²) in [5.74, 6) is -1.97. The molecule has 1 aliphatic rings. The quantitative estimate of drug-likeness (QED) is 0.782. The fourth-order valence-electron chi connectivity index (χ4n) is 2.21. The van der Waals surface area contributed by atoms with Gasteiger partial charge in [0.1, 0.15) is 5.56 Å². The molecule has 0 unspecified atom stereocenters. The number of amides is 1. The lowest BCUT2D eigenvalue weighted by atomic mass is 9.99. The van der Waals surface area contributed by atoms with Crippen molar-refractivity contribution in [1.29, 1.82) is 0 Å². The van der Waals surface area contributed by atoms with Crippen LogP contribution in [0.15, 0.2) is 23.1 Å². The number of aromatic amines is 1. The minimum atomic E-state index is -0.903. The Morgan fingerprint density at radius 3 is 2.72 bits per heavy atom. The molecule has 18 heavy (non-hydrogen) atoms. The Bertz CT molecular complexity index is 537. The predicted octanol–water partition coefficient (Wildman–Crippen LogP) is 0.168. The van der Waals surface area contributed by atoms with E-state index in [4.69, 9.17) is 5.11 Å². The van der Waals surface area contributed by atoms with E-state index in [9.17, 15) is 14.4 Å². The van der Waals surface area contributed by atoms with E-state index in [2.05, 4.69) is 4.98 Å². The number of rotatable bonds is 2. The van der Waals surface area contributed by atoms with E-state index in [1.54, 1.807) is 13.0 Å². The zero-order valence-electron chi connectivity index (χ0n) is 9.92. The Morgan fingerprint density at radius 2 is 2.17 bits per heavy atom. The number of likely N-dealkylation sites (tertiary alicyclic amines) is 1. The second kappa shape index (κ2) is 4.64. The Hall–Kier alpha value is -2.11. The van der Waals surface area contributed by atoms with Crippen molar-refractivity contribution in [2.24, 2.45) is 11.8 Å². The molecule has 1 aliphatic heterocycles. The number of hydrogen-bond acceptors (Lipinski definition) is 3. The van der Waals surface area contributed by atoms with Gasteiger partial charge in [0, 0.05) is 19.3 Å². The molecule has 2 atom stereocenters. The summed E-state index contributed by atoms with van der Waals surface area (Å²) in [6.45, 7) is 2.31. The molecule has 0 aromatic carbocycles. The number of aromatic nitrogens is 1. The number of pyridine rings is 1. The summed E-state index contributed by atoms with van der Waals surface area (Å²) in [5.41, 5.74) is -0.398. The summed E-state index contributed by atoms with van der Waals surface area (Å²) < 4.78 is 0. The number of carbonyl (C=O) groups is 2. The third-order valence-corrected chi connectivity index (χ3v) is 3.27. The molecule has 1 aromatic rings. The van der Waals surface area contributed by atoms with Crippen LogP contribution in [0.2, 0.25) is 0 Å². The highest BCUT2D eigenvalue weighted by Crippen LogP contribution is 2.24. The number of nitrogens with one attached hydrogen (secondary N) is 1. The molecular formula is C12H14N2O4. The number of H-pyrrole nitrogens is 1. The summed E-state index contributed by atoms with van der Waals surface area (Å²) in [7, 11) is 0. The summed E-state index contributed by atoms with van der Waals surface area (Å²) in [4.78, 5) is 38.4. The van der Waals surface area contributed by atoms with Crippen molar-refractivity contribution >= 4 is 11.9 Å². The van der Waals surface area contributed by atoms with Gasteiger partial charge in [-0.25, -0.2) is 0 Å². The lowest BCUT2D eigenvalue weighted by Crippen LogP contribution is -2.33. The topological polar surface area (TPSA) is 90.5 Å². The number of hydrogen-bond donors (Lipinski definition) is 2. The van der Waals surface area contributed by atoms with Crippen molar-refractivity contribution in [1.82, 2.24) is 9.88 Å². The van der Waals surface area contributed by atoms with Crippen molar-refractivity contribution in [3.63, 3.8) is 0 Å². The Kier molecular flexibility index (Phi) is 3.18. The van der Waals surface area contributed by atoms with Gasteiger partial charge in [0.25, 0.3) is 11.5 Å². The predicted molar refractivity (Wildman–Crippen MR) is 63.3 cm³/mol. The summed E-state index contributed by atoms with van der Waals surface area (Å²) in [6.07, 6.45) is 1.45. The van der Waals surface area contributed by atoms with Crippen molar-refractivity contribution in [3.05, 3.63) is 34.2 Å².